The molecule has 1 N–H and O–H groups in total. The quantitative estimate of drug-likeness (QED) is 0.761. The van der Waals surface area contributed by atoms with Gasteiger partial charge in [0.25, 0.3) is 0 Å². The summed E-state index contributed by atoms with van der Waals surface area (Å²) in [6.07, 6.45) is 0.337. The Kier molecular flexibility index (Phi) is 4.96. The number of carbonyl (C=O) groups is 1. The maximum Gasteiger partial charge on any atom is 0.229 e. The minimum absolute atomic E-state index is 0.0719. The van der Waals surface area contributed by atoms with E-state index in [1.165, 1.54) is 0 Å². The summed E-state index contributed by atoms with van der Waals surface area (Å²) in [7, 11) is 0. The maximum atomic E-state index is 12.1. The highest BCUT2D eigenvalue weighted by molar-refractivity contribution is 6.30. The van der Waals surface area contributed by atoms with E-state index in [1.54, 1.807) is 0 Å². The van der Waals surface area contributed by atoms with E-state index >= 15 is 0 Å². The van der Waals surface area contributed by atoms with Gasteiger partial charge in [0.15, 0.2) is 5.82 Å². The van der Waals surface area contributed by atoms with E-state index in [4.69, 9.17) is 11.6 Å². The molecule has 3 aromatic rings. The highest BCUT2D eigenvalue weighted by atomic mass is 35.5. The number of amides is 1. The molecular formula is C19H18ClN3O. The van der Waals surface area contributed by atoms with Gasteiger partial charge in [-0.25, -0.2) is 0 Å². The van der Waals surface area contributed by atoms with E-state index in [1.807, 2.05) is 72.3 Å². The van der Waals surface area contributed by atoms with Crippen LogP contribution in [-0.4, -0.2) is 15.7 Å². The van der Waals surface area contributed by atoms with Crippen LogP contribution in [0.15, 0.2) is 60.7 Å². The van der Waals surface area contributed by atoms with Crippen LogP contribution in [0, 0.1) is 6.92 Å². The third-order valence-electron chi connectivity index (χ3n) is 3.70. The summed E-state index contributed by atoms with van der Waals surface area (Å²) in [4.78, 5) is 12.1. The zero-order valence-electron chi connectivity index (χ0n) is 13.4. The molecule has 3 rings (SSSR count). The van der Waals surface area contributed by atoms with Crippen LogP contribution in [0.25, 0.3) is 0 Å². The van der Waals surface area contributed by atoms with Crippen LogP contribution in [0.2, 0.25) is 5.02 Å². The number of nitrogens with one attached hydrogen (secondary N) is 1. The first-order chi connectivity index (χ1) is 11.6. The van der Waals surface area contributed by atoms with Crippen molar-refractivity contribution in [3.05, 3.63) is 82.5 Å². The van der Waals surface area contributed by atoms with E-state index in [0.717, 1.165) is 16.8 Å². The van der Waals surface area contributed by atoms with Crippen LogP contribution in [-0.2, 0) is 17.8 Å². The molecule has 0 saturated carbocycles. The zero-order chi connectivity index (χ0) is 16.9. The first-order valence-electron chi connectivity index (χ1n) is 7.73. The van der Waals surface area contributed by atoms with Crippen LogP contribution in [0.3, 0.4) is 0 Å². The molecule has 1 aromatic heterocycles. The van der Waals surface area contributed by atoms with Gasteiger partial charge in [-0.05, 0) is 30.2 Å². The number of aryl methyl sites for hydroxylation is 1. The molecule has 4 nitrogen and oxygen atoms in total. The molecule has 0 aliphatic rings. The molecule has 1 amide bonds. The Hall–Kier alpha value is -2.59. The first-order valence-corrected chi connectivity index (χ1v) is 8.10. The van der Waals surface area contributed by atoms with E-state index in [0.29, 0.717) is 23.8 Å². The van der Waals surface area contributed by atoms with E-state index in [-0.39, 0.29) is 5.91 Å². The molecule has 0 bridgehead atoms. The first kappa shape index (κ1) is 16.3. The second-order valence-corrected chi connectivity index (χ2v) is 6.10. The van der Waals surface area contributed by atoms with Crippen LogP contribution >= 0.6 is 11.6 Å². The Morgan fingerprint density at radius 3 is 2.50 bits per heavy atom. The average molecular weight is 340 g/mol. The molecule has 0 unspecified atom stereocenters. The normalized spacial score (nSPS) is 10.6. The van der Waals surface area contributed by atoms with Gasteiger partial charge in [0.2, 0.25) is 5.91 Å². The molecular weight excluding hydrogens is 322 g/mol. The Morgan fingerprint density at radius 2 is 1.79 bits per heavy atom. The summed E-state index contributed by atoms with van der Waals surface area (Å²) in [5.74, 6) is 0.500. The molecule has 0 aliphatic heterocycles. The molecule has 2 aromatic carbocycles. The van der Waals surface area contributed by atoms with Crippen molar-refractivity contribution in [1.29, 1.82) is 0 Å². The largest absolute Gasteiger partial charge is 0.309 e. The second kappa shape index (κ2) is 7.32. The number of benzene rings is 2. The van der Waals surface area contributed by atoms with Crippen LogP contribution < -0.4 is 5.32 Å². The van der Waals surface area contributed by atoms with Crippen LogP contribution in [0.5, 0.6) is 0 Å². The van der Waals surface area contributed by atoms with E-state index in [2.05, 4.69) is 10.4 Å². The number of halogens is 1. The van der Waals surface area contributed by atoms with Crippen LogP contribution in [0.4, 0.5) is 5.82 Å². The summed E-state index contributed by atoms with van der Waals surface area (Å²) >= 11 is 5.90. The monoisotopic (exact) mass is 339 g/mol. The molecule has 0 saturated heterocycles. The topological polar surface area (TPSA) is 46.9 Å². The van der Waals surface area contributed by atoms with Crippen molar-refractivity contribution < 1.29 is 4.79 Å². The molecule has 5 heteroatoms. The number of hydrogen-bond donors (Lipinski definition) is 1. The summed E-state index contributed by atoms with van der Waals surface area (Å²) in [5.41, 5.74) is 3.07. The van der Waals surface area contributed by atoms with Crippen molar-refractivity contribution in [2.75, 3.05) is 5.32 Å². The standard InChI is InChI=1S/C19H18ClN3O/c1-14-11-18(21-19(24)12-15-5-3-2-4-6-15)22-23(14)13-16-7-9-17(20)10-8-16/h2-11H,12-13H2,1H3,(H,21,22,24). The van der Waals surface area contributed by atoms with Crippen molar-refractivity contribution in [2.45, 2.75) is 19.9 Å². The van der Waals surface area contributed by atoms with Gasteiger partial charge >= 0.3 is 0 Å². The van der Waals surface area contributed by atoms with Crippen molar-refractivity contribution >= 4 is 23.3 Å². The number of carbonyl (C=O) groups excluding carboxylic acids is 1. The van der Waals surface area contributed by atoms with Crippen molar-refractivity contribution in [3.8, 4) is 0 Å². The van der Waals surface area contributed by atoms with Gasteiger partial charge in [-0.15, -0.1) is 0 Å². The third kappa shape index (κ3) is 4.24. The molecule has 0 fully saturated rings. The van der Waals surface area contributed by atoms with E-state index < -0.39 is 0 Å². The SMILES string of the molecule is Cc1cc(NC(=O)Cc2ccccc2)nn1Cc1ccc(Cl)cc1. The zero-order valence-corrected chi connectivity index (χ0v) is 14.1. The predicted octanol–water partition coefficient (Wildman–Crippen LogP) is 4.07. The molecule has 1 heterocycles. The number of aromatic nitrogens is 2. The maximum absolute atomic E-state index is 12.1. The Labute approximate surface area is 146 Å². The lowest BCUT2D eigenvalue weighted by atomic mass is 10.1. The summed E-state index contributed by atoms with van der Waals surface area (Å²) in [6.45, 7) is 2.60. The Morgan fingerprint density at radius 1 is 1.08 bits per heavy atom. The van der Waals surface area contributed by atoms with Crippen molar-refractivity contribution in [1.82, 2.24) is 9.78 Å². The number of anilines is 1. The fourth-order valence-corrected chi connectivity index (χ4v) is 2.59. The van der Waals surface area contributed by atoms with Crippen LogP contribution in [0.1, 0.15) is 16.8 Å². The Balaban J connectivity index is 1.65. The fourth-order valence-electron chi connectivity index (χ4n) is 2.46. The van der Waals surface area contributed by atoms with Gasteiger partial charge < -0.3 is 5.32 Å². The van der Waals surface area contributed by atoms with Gasteiger partial charge in [-0.2, -0.15) is 5.10 Å². The number of hydrogen-bond acceptors (Lipinski definition) is 2. The van der Waals surface area contributed by atoms with Gasteiger partial charge in [-0.3, -0.25) is 9.48 Å². The smallest absolute Gasteiger partial charge is 0.229 e. The molecule has 122 valence electrons. The van der Waals surface area contributed by atoms with Gasteiger partial charge in [0, 0.05) is 16.8 Å². The molecule has 0 aliphatic carbocycles. The highest BCUT2D eigenvalue weighted by Crippen LogP contribution is 2.14. The lowest BCUT2D eigenvalue weighted by Gasteiger charge is -2.05. The summed E-state index contributed by atoms with van der Waals surface area (Å²) < 4.78 is 1.86. The lowest BCUT2D eigenvalue weighted by Crippen LogP contribution is -2.15. The van der Waals surface area contributed by atoms with Gasteiger partial charge in [-0.1, -0.05) is 54.1 Å². The number of nitrogens with zero attached hydrogens (tertiary/aromatic N) is 2. The van der Waals surface area contributed by atoms with Gasteiger partial charge in [0.1, 0.15) is 0 Å². The summed E-state index contributed by atoms with van der Waals surface area (Å²) in [5, 5.41) is 8.03. The van der Waals surface area contributed by atoms with Gasteiger partial charge in [0.05, 0.1) is 13.0 Å². The second-order valence-electron chi connectivity index (χ2n) is 5.67. The average Bonchev–Trinajstić information content (AvgIpc) is 2.89. The molecule has 0 spiro atoms. The molecule has 24 heavy (non-hydrogen) atoms. The molecule has 0 atom stereocenters. The van der Waals surface area contributed by atoms with E-state index in [9.17, 15) is 4.79 Å². The minimum atomic E-state index is -0.0719. The fraction of sp³-hybridized carbons (Fsp3) is 0.158. The third-order valence-corrected chi connectivity index (χ3v) is 3.95. The lowest BCUT2D eigenvalue weighted by molar-refractivity contribution is -0.115. The number of rotatable bonds is 5. The summed E-state index contributed by atoms with van der Waals surface area (Å²) in [6, 6.07) is 19.2. The highest BCUT2D eigenvalue weighted by Gasteiger charge is 2.09. The van der Waals surface area contributed by atoms with Crippen molar-refractivity contribution in [3.63, 3.8) is 0 Å². The van der Waals surface area contributed by atoms with Crippen molar-refractivity contribution in [2.24, 2.45) is 0 Å². The molecule has 0 radical (unpaired) electrons. The Bertz CT molecular complexity index is 826. The minimum Gasteiger partial charge on any atom is -0.309 e. The predicted molar refractivity (Wildman–Crippen MR) is 96.3 cm³/mol.